The highest BCUT2D eigenvalue weighted by molar-refractivity contribution is 6.30. The Morgan fingerprint density at radius 1 is 1.28 bits per heavy atom. The number of likely N-dealkylation sites (tertiary alicyclic amines) is 1. The number of halogens is 3. The minimum atomic E-state index is -3.21. The molecule has 1 fully saturated rings. The van der Waals surface area contributed by atoms with Crippen molar-refractivity contribution in [3.8, 4) is 11.4 Å². The Morgan fingerprint density at radius 2 is 2.06 bits per heavy atom. The van der Waals surface area contributed by atoms with E-state index in [0.29, 0.717) is 34.8 Å². The van der Waals surface area contributed by atoms with Crippen molar-refractivity contribution in [3.63, 3.8) is 0 Å². The first kappa shape index (κ1) is 23.8. The van der Waals surface area contributed by atoms with E-state index in [1.807, 2.05) is 0 Å². The zero-order chi connectivity index (χ0) is 25.4. The van der Waals surface area contributed by atoms with Gasteiger partial charge in [0.2, 0.25) is 5.91 Å². The Hall–Kier alpha value is -3.93. The fourth-order valence-electron chi connectivity index (χ4n) is 4.39. The highest BCUT2D eigenvalue weighted by Gasteiger charge is 2.33. The molecule has 1 aliphatic rings. The molecular weight excluding hydrogens is 492 g/mol. The summed E-state index contributed by atoms with van der Waals surface area (Å²) in [6.45, 7) is 3.88. The third-order valence-corrected chi connectivity index (χ3v) is 6.41. The molecule has 0 unspecified atom stereocenters. The minimum absolute atomic E-state index is 0.157. The molecule has 1 atom stereocenters. The van der Waals surface area contributed by atoms with Crippen molar-refractivity contribution in [2.75, 3.05) is 18.8 Å². The van der Waals surface area contributed by atoms with Gasteiger partial charge in [0.1, 0.15) is 30.1 Å². The first-order valence-corrected chi connectivity index (χ1v) is 11.6. The number of benzene rings is 1. The van der Waals surface area contributed by atoms with Gasteiger partial charge in [-0.25, -0.2) is 19.3 Å². The molecule has 36 heavy (non-hydrogen) atoms. The first-order valence-electron chi connectivity index (χ1n) is 11.2. The summed E-state index contributed by atoms with van der Waals surface area (Å²) in [7, 11) is 0. The van der Waals surface area contributed by atoms with Crippen LogP contribution < -0.4 is 5.73 Å². The van der Waals surface area contributed by atoms with Crippen LogP contribution in [0.5, 0.6) is 0 Å². The van der Waals surface area contributed by atoms with Crippen molar-refractivity contribution in [1.29, 1.82) is 0 Å². The number of aromatic nitrogens is 7. The number of anilines is 1. The lowest BCUT2D eigenvalue weighted by Crippen LogP contribution is -2.40. The number of alkyl halides is 2. The quantitative estimate of drug-likeness (QED) is 0.392. The molecule has 13 heteroatoms. The van der Waals surface area contributed by atoms with E-state index >= 15 is 0 Å². The van der Waals surface area contributed by atoms with E-state index in [-0.39, 0.29) is 29.0 Å². The van der Waals surface area contributed by atoms with Crippen molar-refractivity contribution < 1.29 is 13.6 Å². The van der Waals surface area contributed by atoms with Gasteiger partial charge in [-0.1, -0.05) is 35.5 Å². The number of carbonyl (C=O) groups excluding carboxylic acids is 1. The molecule has 0 radical (unpaired) electrons. The van der Waals surface area contributed by atoms with Crippen LogP contribution in [0.2, 0.25) is 5.02 Å². The van der Waals surface area contributed by atoms with Gasteiger partial charge in [-0.05, 0) is 31.1 Å². The molecule has 4 heterocycles. The molecule has 186 valence electrons. The molecule has 1 aliphatic heterocycles. The van der Waals surface area contributed by atoms with Crippen LogP contribution in [0.15, 0.2) is 49.4 Å². The highest BCUT2D eigenvalue weighted by Crippen LogP contribution is 2.34. The van der Waals surface area contributed by atoms with Gasteiger partial charge < -0.3 is 10.6 Å². The molecule has 1 amide bonds. The zero-order valence-corrected chi connectivity index (χ0v) is 19.8. The fraction of sp³-hybridized carbons (Fsp3) is 0.304. The standard InChI is InChI=1S/C23H22ClF2N9O/c1-2-18(36)33-9-3-4-16(10-33)35-22-19(21(27)28-13-29-22)20(31-35)17-11-34(32-30-17)12-23(25,26)14-5-7-15(24)8-6-14/h2,5-8,11,13,16H,1,3-4,9-10,12H2,(H2,27,28,29)/t16-/m1/s1. The third-order valence-electron chi connectivity index (χ3n) is 6.16. The second-order valence-corrected chi connectivity index (χ2v) is 8.98. The van der Waals surface area contributed by atoms with E-state index < -0.39 is 12.5 Å². The average Bonchev–Trinajstić information content (AvgIpc) is 3.49. The molecule has 4 aromatic rings. The topological polar surface area (TPSA) is 121 Å². The molecule has 10 nitrogen and oxygen atoms in total. The molecule has 5 rings (SSSR count). The SMILES string of the molecule is C=CC(=O)N1CCC[C@@H](n2nc(-c3cn(CC(F)(F)c4ccc(Cl)cc4)nn3)c3c(N)ncnc32)C1. The Bertz CT molecular complexity index is 1430. The van der Waals surface area contributed by atoms with Crippen LogP contribution in [0.3, 0.4) is 0 Å². The number of fused-ring (bicyclic) bond motifs is 1. The summed E-state index contributed by atoms with van der Waals surface area (Å²) in [6.07, 6.45) is 5.54. The number of amides is 1. The lowest BCUT2D eigenvalue weighted by Gasteiger charge is -2.32. The lowest BCUT2D eigenvalue weighted by atomic mass is 10.1. The molecule has 1 saturated heterocycles. The summed E-state index contributed by atoms with van der Waals surface area (Å²) < 4.78 is 32.5. The van der Waals surface area contributed by atoms with E-state index in [1.165, 1.54) is 42.9 Å². The summed E-state index contributed by atoms with van der Waals surface area (Å²) in [5.74, 6) is -3.19. The van der Waals surface area contributed by atoms with Crippen molar-refractivity contribution >= 4 is 34.4 Å². The maximum atomic E-state index is 14.8. The second kappa shape index (κ2) is 9.26. The smallest absolute Gasteiger partial charge is 0.292 e. The van der Waals surface area contributed by atoms with E-state index in [1.54, 1.807) is 9.58 Å². The second-order valence-electron chi connectivity index (χ2n) is 8.55. The number of nitrogens with zero attached hydrogens (tertiary/aromatic N) is 8. The number of hydrogen-bond donors (Lipinski definition) is 1. The fourth-order valence-corrected chi connectivity index (χ4v) is 4.51. The van der Waals surface area contributed by atoms with Crippen LogP contribution in [0.1, 0.15) is 24.4 Å². The Balaban J connectivity index is 1.48. The van der Waals surface area contributed by atoms with Gasteiger partial charge in [0.05, 0.1) is 17.6 Å². The summed E-state index contributed by atoms with van der Waals surface area (Å²) in [5.41, 5.74) is 7.03. The van der Waals surface area contributed by atoms with Crippen LogP contribution in [-0.2, 0) is 17.3 Å². The number of hydrogen-bond acceptors (Lipinski definition) is 7. The van der Waals surface area contributed by atoms with Crippen molar-refractivity contribution in [3.05, 3.63) is 60.0 Å². The predicted molar refractivity (Wildman–Crippen MR) is 129 cm³/mol. The van der Waals surface area contributed by atoms with E-state index in [4.69, 9.17) is 22.4 Å². The minimum Gasteiger partial charge on any atom is -0.383 e. The van der Waals surface area contributed by atoms with Crippen molar-refractivity contribution in [2.24, 2.45) is 0 Å². The zero-order valence-electron chi connectivity index (χ0n) is 19.1. The normalized spacial score (nSPS) is 16.4. The van der Waals surface area contributed by atoms with Crippen molar-refractivity contribution in [1.82, 2.24) is 39.6 Å². The van der Waals surface area contributed by atoms with Gasteiger partial charge >= 0.3 is 0 Å². The summed E-state index contributed by atoms with van der Waals surface area (Å²) in [4.78, 5) is 22.3. The van der Waals surface area contributed by atoms with E-state index in [2.05, 4.69) is 26.9 Å². The summed E-state index contributed by atoms with van der Waals surface area (Å²) in [6, 6.07) is 5.20. The largest absolute Gasteiger partial charge is 0.383 e. The van der Waals surface area contributed by atoms with Crippen LogP contribution in [0.25, 0.3) is 22.4 Å². The Kier molecular flexibility index (Phi) is 6.12. The predicted octanol–water partition coefficient (Wildman–Crippen LogP) is 3.46. The third kappa shape index (κ3) is 4.39. The molecule has 0 saturated carbocycles. The van der Waals surface area contributed by atoms with Crippen molar-refractivity contribution in [2.45, 2.75) is 31.4 Å². The molecule has 0 aliphatic carbocycles. The van der Waals surface area contributed by atoms with Gasteiger partial charge in [-0.15, -0.1) is 5.10 Å². The van der Waals surface area contributed by atoms with Gasteiger partial charge in [-0.3, -0.25) is 4.79 Å². The molecule has 2 N–H and O–H groups in total. The maximum absolute atomic E-state index is 14.8. The monoisotopic (exact) mass is 513 g/mol. The summed E-state index contributed by atoms with van der Waals surface area (Å²) >= 11 is 5.82. The highest BCUT2D eigenvalue weighted by atomic mass is 35.5. The van der Waals surface area contributed by atoms with Gasteiger partial charge in [0.15, 0.2) is 5.65 Å². The van der Waals surface area contributed by atoms with Crippen LogP contribution in [0.4, 0.5) is 14.6 Å². The Morgan fingerprint density at radius 3 is 2.81 bits per heavy atom. The molecule has 0 spiro atoms. The van der Waals surface area contributed by atoms with Crippen LogP contribution in [-0.4, -0.2) is 58.6 Å². The molecular formula is C23H22ClF2N9O. The average molecular weight is 514 g/mol. The Labute approximate surface area is 209 Å². The molecule has 0 bridgehead atoms. The maximum Gasteiger partial charge on any atom is 0.292 e. The summed E-state index contributed by atoms with van der Waals surface area (Å²) in [5, 5.41) is 13.5. The van der Waals surface area contributed by atoms with E-state index in [9.17, 15) is 13.6 Å². The van der Waals surface area contributed by atoms with Crippen LogP contribution >= 0.6 is 11.6 Å². The van der Waals surface area contributed by atoms with Gasteiger partial charge in [-0.2, -0.15) is 13.9 Å². The number of nitrogens with two attached hydrogens (primary N) is 1. The number of rotatable bonds is 6. The van der Waals surface area contributed by atoms with Crippen LogP contribution in [0, 0.1) is 0 Å². The molecule has 1 aromatic carbocycles. The molecule has 3 aromatic heterocycles. The number of piperidine rings is 1. The number of nitrogen functional groups attached to an aromatic ring is 1. The lowest BCUT2D eigenvalue weighted by molar-refractivity contribution is -0.127. The van der Waals surface area contributed by atoms with Gasteiger partial charge in [0, 0.05) is 23.7 Å². The van der Waals surface area contributed by atoms with E-state index in [0.717, 1.165) is 17.5 Å². The number of carbonyl (C=O) groups is 1. The van der Waals surface area contributed by atoms with Gasteiger partial charge in [0.25, 0.3) is 5.92 Å². The first-order chi connectivity index (χ1) is 17.3.